The molecule has 0 fully saturated rings. The zero-order chi connectivity index (χ0) is 27.8. The number of alkyl halides is 6. The Labute approximate surface area is 210 Å². The number of hydrogen-bond donors (Lipinski definition) is 3. The molecule has 0 radical (unpaired) electrons. The number of nitrogens with zero attached hydrogens (tertiary/aromatic N) is 2. The molecular weight excluding hydrogens is 523 g/mol. The van der Waals surface area contributed by atoms with Crippen LogP contribution in [0.2, 0.25) is 0 Å². The van der Waals surface area contributed by atoms with E-state index in [-0.39, 0.29) is 29.4 Å². The molecule has 1 aromatic heterocycles. The molecule has 14 heteroatoms. The van der Waals surface area contributed by atoms with Crippen molar-refractivity contribution >= 4 is 34.7 Å². The van der Waals surface area contributed by atoms with Crippen molar-refractivity contribution in [2.24, 2.45) is 0 Å². The molecule has 0 unspecified atom stereocenters. The van der Waals surface area contributed by atoms with Crippen molar-refractivity contribution in [3.05, 3.63) is 76.9 Å². The van der Waals surface area contributed by atoms with E-state index in [4.69, 9.17) is 0 Å². The van der Waals surface area contributed by atoms with E-state index in [1.807, 2.05) is 5.32 Å². The highest BCUT2D eigenvalue weighted by Crippen LogP contribution is 2.39. The molecule has 1 aliphatic rings. The van der Waals surface area contributed by atoms with Crippen LogP contribution in [0.1, 0.15) is 27.2 Å². The van der Waals surface area contributed by atoms with Crippen LogP contribution in [0.5, 0.6) is 0 Å². The van der Waals surface area contributed by atoms with Gasteiger partial charge in [0.15, 0.2) is 5.82 Å². The van der Waals surface area contributed by atoms with Crippen LogP contribution in [0, 0.1) is 5.82 Å². The molecule has 0 spiro atoms. The van der Waals surface area contributed by atoms with Gasteiger partial charge >= 0.3 is 18.4 Å². The number of fused-ring (bicyclic) bond motifs is 1. The third-order valence-electron chi connectivity index (χ3n) is 5.70. The van der Waals surface area contributed by atoms with Crippen molar-refractivity contribution in [1.29, 1.82) is 0 Å². The zero-order valence-corrected chi connectivity index (χ0v) is 19.4. The number of rotatable bonds is 4. The summed E-state index contributed by atoms with van der Waals surface area (Å²) >= 11 is 0. The number of aromatic nitrogens is 1. The van der Waals surface area contributed by atoms with Gasteiger partial charge in [-0.05, 0) is 48.9 Å². The number of pyridine rings is 1. The van der Waals surface area contributed by atoms with E-state index >= 15 is 4.39 Å². The fourth-order valence-corrected chi connectivity index (χ4v) is 3.96. The van der Waals surface area contributed by atoms with Crippen LogP contribution in [0.25, 0.3) is 0 Å². The number of halogens is 7. The maximum absolute atomic E-state index is 15.2. The maximum Gasteiger partial charge on any atom is 0.416 e. The van der Waals surface area contributed by atoms with E-state index in [2.05, 4.69) is 15.6 Å². The first-order valence-corrected chi connectivity index (χ1v) is 10.9. The van der Waals surface area contributed by atoms with Gasteiger partial charge in [0.05, 0.1) is 16.8 Å². The number of anilines is 4. The lowest BCUT2D eigenvalue weighted by Gasteiger charge is -2.20. The summed E-state index contributed by atoms with van der Waals surface area (Å²) < 4.78 is 93.6. The van der Waals surface area contributed by atoms with Crippen molar-refractivity contribution in [1.82, 2.24) is 10.3 Å². The maximum atomic E-state index is 15.2. The van der Waals surface area contributed by atoms with Crippen molar-refractivity contribution in [2.75, 3.05) is 29.1 Å². The van der Waals surface area contributed by atoms with Gasteiger partial charge in [-0.25, -0.2) is 9.18 Å². The molecule has 3 amide bonds. The smallest absolute Gasteiger partial charge is 0.354 e. The first kappa shape index (κ1) is 26.7. The second-order valence-corrected chi connectivity index (χ2v) is 8.18. The van der Waals surface area contributed by atoms with Gasteiger partial charge in [0.2, 0.25) is 0 Å². The minimum atomic E-state index is -5.10. The highest BCUT2D eigenvalue weighted by Gasteiger charge is 2.37. The molecule has 0 atom stereocenters. The van der Waals surface area contributed by atoms with E-state index in [9.17, 15) is 35.9 Å². The van der Waals surface area contributed by atoms with Crippen molar-refractivity contribution in [3.8, 4) is 0 Å². The Morgan fingerprint density at radius 2 is 1.58 bits per heavy atom. The van der Waals surface area contributed by atoms with Gasteiger partial charge in [0.1, 0.15) is 5.69 Å². The van der Waals surface area contributed by atoms with E-state index in [0.717, 1.165) is 0 Å². The molecule has 0 aliphatic carbocycles. The van der Waals surface area contributed by atoms with E-state index in [0.29, 0.717) is 30.1 Å². The average molecular weight is 541 g/mol. The van der Waals surface area contributed by atoms with Crippen molar-refractivity contribution < 1.29 is 40.3 Å². The quantitative estimate of drug-likeness (QED) is 0.356. The number of carbonyl (C=O) groups excluding carboxylic acids is 2. The molecule has 0 saturated heterocycles. The Morgan fingerprint density at radius 3 is 2.18 bits per heavy atom. The largest absolute Gasteiger partial charge is 0.416 e. The highest BCUT2D eigenvalue weighted by atomic mass is 19.4. The molecule has 0 saturated carbocycles. The summed E-state index contributed by atoms with van der Waals surface area (Å²) in [7, 11) is 1.45. The number of benzene rings is 2. The molecule has 2 heterocycles. The summed E-state index contributed by atoms with van der Waals surface area (Å²) in [5, 5.41) is 6.47. The molecule has 200 valence electrons. The summed E-state index contributed by atoms with van der Waals surface area (Å²) in [6.07, 6.45) is -8.55. The van der Waals surface area contributed by atoms with Crippen LogP contribution in [-0.4, -0.2) is 30.5 Å². The summed E-state index contributed by atoms with van der Waals surface area (Å²) in [6, 6.07) is 5.22. The average Bonchev–Trinajstić information content (AvgIpc) is 3.29. The van der Waals surface area contributed by atoms with Crippen LogP contribution in [-0.2, 0) is 18.8 Å². The van der Waals surface area contributed by atoms with Gasteiger partial charge < -0.3 is 20.9 Å². The third-order valence-corrected chi connectivity index (χ3v) is 5.70. The van der Waals surface area contributed by atoms with E-state index in [1.165, 1.54) is 31.4 Å². The van der Waals surface area contributed by atoms with Gasteiger partial charge in [0.25, 0.3) is 5.91 Å². The minimum Gasteiger partial charge on any atom is -0.354 e. The van der Waals surface area contributed by atoms with Crippen LogP contribution in [0.3, 0.4) is 0 Å². The van der Waals surface area contributed by atoms with Crippen molar-refractivity contribution in [2.45, 2.75) is 18.8 Å². The Hall–Kier alpha value is -4.36. The van der Waals surface area contributed by atoms with Crippen LogP contribution in [0.4, 0.5) is 58.3 Å². The summed E-state index contributed by atoms with van der Waals surface area (Å²) in [5.41, 5.74) is -2.93. The van der Waals surface area contributed by atoms with E-state index < -0.39 is 46.9 Å². The Balaban J connectivity index is 1.56. The first-order valence-electron chi connectivity index (χ1n) is 10.9. The summed E-state index contributed by atoms with van der Waals surface area (Å²) in [4.78, 5) is 30.0. The van der Waals surface area contributed by atoms with Gasteiger partial charge in [-0.3, -0.25) is 9.78 Å². The lowest BCUT2D eigenvalue weighted by atomic mass is 10.1. The lowest BCUT2D eigenvalue weighted by molar-refractivity contribution is -0.143. The Morgan fingerprint density at radius 1 is 0.921 bits per heavy atom. The fraction of sp³-hybridized carbons (Fsp3) is 0.208. The van der Waals surface area contributed by atoms with E-state index in [1.54, 1.807) is 11.0 Å². The van der Waals surface area contributed by atoms with Crippen LogP contribution in [0.15, 0.2) is 48.7 Å². The number of hydrogen-bond acceptors (Lipinski definition) is 4. The Bertz CT molecular complexity index is 1370. The second-order valence-electron chi connectivity index (χ2n) is 8.18. The SMILES string of the molecule is CNC(=O)c1cc(N2CCc3c2ccc(NC(=O)Nc2cc(C(F)(F)F)cc(C(F)(F)F)c2)c3F)ccn1. The molecule has 2 aromatic carbocycles. The van der Waals surface area contributed by atoms with Gasteiger partial charge in [-0.2, -0.15) is 26.3 Å². The Kier molecular flexibility index (Phi) is 6.91. The summed E-state index contributed by atoms with van der Waals surface area (Å²) in [6.45, 7) is 0.337. The molecule has 3 N–H and O–H groups in total. The summed E-state index contributed by atoms with van der Waals surface area (Å²) in [5.74, 6) is -1.23. The van der Waals surface area contributed by atoms with Gasteiger partial charge in [-0.15, -0.1) is 0 Å². The van der Waals surface area contributed by atoms with Gasteiger partial charge in [-0.1, -0.05) is 0 Å². The van der Waals surface area contributed by atoms with Crippen LogP contribution < -0.4 is 20.9 Å². The lowest BCUT2D eigenvalue weighted by Crippen LogP contribution is -2.21. The normalized spacial score (nSPS) is 13.2. The number of amides is 3. The predicted octanol–water partition coefficient (Wildman–Crippen LogP) is 5.96. The topological polar surface area (TPSA) is 86.4 Å². The second kappa shape index (κ2) is 9.84. The van der Waals surface area contributed by atoms with Crippen molar-refractivity contribution in [3.63, 3.8) is 0 Å². The number of nitrogens with one attached hydrogen (secondary N) is 3. The number of urea groups is 1. The number of carbonyl (C=O) groups is 2. The fourth-order valence-electron chi connectivity index (χ4n) is 3.96. The molecular formula is C24H18F7N5O2. The molecule has 0 bridgehead atoms. The standard InChI is InChI=1S/C24H18F7N5O2/c1-32-21(37)18-11-15(4-6-33-18)36-7-5-16-19(36)3-2-17(20(16)25)35-22(38)34-14-9-12(23(26,27)28)8-13(10-14)24(29,30)31/h2-4,6,8-11H,5,7H2,1H3,(H,32,37)(H2,34,35,38). The minimum absolute atomic E-state index is 0.0740. The van der Waals surface area contributed by atoms with Gasteiger partial charge in [0, 0.05) is 42.4 Å². The molecule has 1 aliphatic heterocycles. The monoisotopic (exact) mass is 541 g/mol. The third kappa shape index (κ3) is 5.48. The first-order chi connectivity index (χ1) is 17.8. The zero-order valence-electron chi connectivity index (χ0n) is 19.4. The molecule has 7 nitrogen and oxygen atoms in total. The predicted molar refractivity (Wildman–Crippen MR) is 124 cm³/mol. The molecule has 4 rings (SSSR count). The molecule has 3 aromatic rings. The van der Waals surface area contributed by atoms with Crippen LogP contribution >= 0.6 is 0 Å². The highest BCUT2D eigenvalue weighted by molar-refractivity contribution is 6.00. The molecule has 38 heavy (non-hydrogen) atoms.